The molecule has 0 saturated heterocycles. The molecular weight excluding hydrogens is 339 g/mol. The second kappa shape index (κ2) is 13.2. The number of esters is 1. The Morgan fingerprint density at radius 1 is 1.04 bits per heavy atom. The molecule has 0 aromatic heterocycles. The van der Waals surface area contributed by atoms with Crippen LogP contribution < -0.4 is 0 Å². The number of halogens is 2. The van der Waals surface area contributed by atoms with Gasteiger partial charge in [0.15, 0.2) is 5.82 Å². The number of carbonyl (C=O) groups is 1. The van der Waals surface area contributed by atoms with E-state index in [-0.39, 0.29) is 16.7 Å². The number of carbonyl (C=O) groups excluding carboxylic acids is 1. The van der Waals surface area contributed by atoms with Crippen LogP contribution >= 0.6 is 11.6 Å². The third kappa shape index (κ3) is 8.71. The third-order valence-corrected chi connectivity index (χ3v) is 4.82. The van der Waals surface area contributed by atoms with Gasteiger partial charge in [-0.3, -0.25) is 0 Å². The van der Waals surface area contributed by atoms with Gasteiger partial charge in [0, 0.05) is 0 Å². The molecule has 0 fully saturated rings. The van der Waals surface area contributed by atoms with Crippen molar-refractivity contribution in [1.29, 1.82) is 0 Å². The zero-order valence-corrected chi connectivity index (χ0v) is 16.4. The lowest BCUT2D eigenvalue weighted by Crippen LogP contribution is -2.18. The van der Waals surface area contributed by atoms with Crippen molar-refractivity contribution in [3.8, 4) is 0 Å². The number of rotatable bonds is 13. The SMILES string of the molecule is CCCCCCCCCCCC(CC)OC(=O)c1cccc(Cl)c1F. The van der Waals surface area contributed by atoms with Crippen molar-refractivity contribution in [2.24, 2.45) is 0 Å². The lowest BCUT2D eigenvalue weighted by molar-refractivity contribution is 0.0262. The Bertz CT molecular complexity index is 505. The Labute approximate surface area is 157 Å². The molecule has 0 saturated carbocycles. The molecule has 25 heavy (non-hydrogen) atoms. The van der Waals surface area contributed by atoms with Crippen LogP contribution in [0.2, 0.25) is 5.02 Å². The van der Waals surface area contributed by atoms with Gasteiger partial charge in [0.25, 0.3) is 0 Å². The molecule has 0 heterocycles. The summed E-state index contributed by atoms with van der Waals surface area (Å²) in [4.78, 5) is 12.1. The number of hydrogen-bond acceptors (Lipinski definition) is 2. The lowest BCUT2D eigenvalue weighted by Gasteiger charge is -2.16. The monoisotopic (exact) mass is 370 g/mol. The molecule has 0 amide bonds. The van der Waals surface area contributed by atoms with E-state index in [4.69, 9.17) is 16.3 Å². The minimum absolute atomic E-state index is 0.0542. The first-order chi connectivity index (χ1) is 12.1. The quantitative estimate of drug-likeness (QED) is 0.268. The first kappa shape index (κ1) is 22.0. The van der Waals surface area contributed by atoms with Crippen LogP contribution in [-0.2, 0) is 4.74 Å². The molecule has 1 aromatic rings. The maximum absolute atomic E-state index is 13.9. The Morgan fingerprint density at radius 3 is 2.24 bits per heavy atom. The molecule has 0 bridgehead atoms. The zero-order chi connectivity index (χ0) is 18.5. The van der Waals surface area contributed by atoms with Crippen LogP contribution in [0.4, 0.5) is 4.39 Å². The average Bonchev–Trinajstić information content (AvgIpc) is 2.61. The Kier molecular flexibility index (Phi) is 11.6. The molecule has 2 nitrogen and oxygen atoms in total. The number of unbranched alkanes of at least 4 members (excludes halogenated alkanes) is 8. The molecule has 142 valence electrons. The van der Waals surface area contributed by atoms with Crippen LogP contribution in [0.5, 0.6) is 0 Å². The highest BCUT2D eigenvalue weighted by Crippen LogP contribution is 2.20. The summed E-state index contributed by atoms with van der Waals surface area (Å²) in [7, 11) is 0. The van der Waals surface area contributed by atoms with Crippen LogP contribution in [0.1, 0.15) is 94.8 Å². The number of ether oxygens (including phenoxy) is 1. The second-order valence-corrected chi connectivity index (χ2v) is 7.06. The third-order valence-electron chi connectivity index (χ3n) is 4.53. The van der Waals surface area contributed by atoms with Gasteiger partial charge in [-0.1, -0.05) is 82.9 Å². The van der Waals surface area contributed by atoms with E-state index in [1.807, 2.05) is 6.92 Å². The average molecular weight is 371 g/mol. The summed E-state index contributed by atoms with van der Waals surface area (Å²) in [6, 6.07) is 4.39. The summed E-state index contributed by atoms with van der Waals surface area (Å²) < 4.78 is 19.3. The van der Waals surface area contributed by atoms with Crippen molar-refractivity contribution in [2.45, 2.75) is 90.6 Å². The minimum atomic E-state index is -0.702. The highest BCUT2D eigenvalue weighted by Gasteiger charge is 2.19. The lowest BCUT2D eigenvalue weighted by atomic mass is 10.0. The van der Waals surface area contributed by atoms with E-state index >= 15 is 0 Å². The van der Waals surface area contributed by atoms with E-state index in [1.165, 1.54) is 57.1 Å². The van der Waals surface area contributed by atoms with E-state index in [0.717, 1.165) is 25.7 Å². The normalized spacial score (nSPS) is 12.2. The smallest absolute Gasteiger partial charge is 0.341 e. The molecule has 4 heteroatoms. The van der Waals surface area contributed by atoms with Crippen molar-refractivity contribution < 1.29 is 13.9 Å². The van der Waals surface area contributed by atoms with Gasteiger partial charge in [-0.05, 0) is 31.4 Å². The minimum Gasteiger partial charge on any atom is -0.459 e. The predicted octanol–water partition coefficient (Wildman–Crippen LogP) is 7.34. The number of benzene rings is 1. The molecule has 0 N–H and O–H groups in total. The fourth-order valence-corrected chi connectivity index (χ4v) is 3.08. The summed E-state index contributed by atoms with van der Waals surface area (Å²) in [5.41, 5.74) is -0.0852. The molecular formula is C21H32ClFO2. The van der Waals surface area contributed by atoms with Crippen molar-refractivity contribution in [2.75, 3.05) is 0 Å². The Balaban J connectivity index is 2.23. The summed E-state index contributed by atoms with van der Waals surface area (Å²) >= 11 is 5.72. The molecule has 0 aliphatic heterocycles. The standard InChI is InChI=1S/C21H32ClFO2/c1-3-5-6-7-8-9-10-11-12-14-17(4-2)25-21(24)18-15-13-16-19(22)20(18)23/h13,15-17H,3-12,14H2,1-2H3. The van der Waals surface area contributed by atoms with E-state index in [2.05, 4.69) is 6.92 Å². The summed E-state index contributed by atoms with van der Waals surface area (Å²) in [5.74, 6) is -1.32. The van der Waals surface area contributed by atoms with Gasteiger partial charge >= 0.3 is 5.97 Å². The van der Waals surface area contributed by atoms with Crippen molar-refractivity contribution in [3.63, 3.8) is 0 Å². The largest absolute Gasteiger partial charge is 0.459 e. The maximum atomic E-state index is 13.9. The van der Waals surface area contributed by atoms with E-state index < -0.39 is 11.8 Å². The van der Waals surface area contributed by atoms with E-state index in [0.29, 0.717) is 0 Å². The Morgan fingerprint density at radius 2 is 1.64 bits per heavy atom. The summed E-state index contributed by atoms with van der Waals surface area (Å²) in [6.07, 6.45) is 12.8. The number of hydrogen-bond donors (Lipinski definition) is 0. The van der Waals surface area contributed by atoms with Gasteiger partial charge < -0.3 is 4.74 Å². The van der Waals surface area contributed by atoms with Crippen LogP contribution in [0, 0.1) is 5.82 Å². The highest BCUT2D eigenvalue weighted by atomic mass is 35.5. The van der Waals surface area contributed by atoms with E-state index in [9.17, 15) is 9.18 Å². The van der Waals surface area contributed by atoms with Gasteiger partial charge in [-0.25, -0.2) is 9.18 Å². The molecule has 0 spiro atoms. The Hall–Kier alpha value is -1.09. The van der Waals surface area contributed by atoms with Crippen molar-refractivity contribution in [1.82, 2.24) is 0 Å². The predicted molar refractivity (Wildman–Crippen MR) is 103 cm³/mol. The van der Waals surface area contributed by atoms with Crippen molar-refractivity contribution >= 4 is 17.6 Å². The van der Waals surface area contributed by atoms with Crippen LogP contribution in [-0.4, -0.2) is 12.1 Å². The molecule has 1 aromatic carbocycles. The zero-order valence-electron chi connectivity index (χ0n) is 15.7. The van der Waals surface area contributed by atoms with Gasteiger partial charge in [-0.2, -0.15) is 0 Å². The molecule has 1 rings (SSSR count). The molecule has 1 atom stereocenters. The van der Waals surface area contributed by atoms with Crippen LogP contribution in [0.25, 0.3) is 0 Å². The first-order valence-corrected chi connectivity index (χ1v) is 10.1. The molecule has 0 aliphatic carbocycles. The molecule has 1 unspecified atom stereocenters. The fourth-order valence-electron chi connectivity index (χ4n) is 2.91. The van der Waals surface area contributed by atoms with Gasteiger partial charge in [-0.15, -0.1) is 0 Å². The van der Waals surface area contributed by atoms with Crippen LogP contribution in [0.15, 0.2) is 18.2 Å². The first-order valence-electron chi connectivity index (χ1n) is 9.75. The summed E-state index contributed by atoms with van der Waals surface area (Å²) in [6.45, 7) is 4.22. The van der Waals surface area contributed by atoms with Crippen molar-refractivity contribution in [3.05, 3.63) is 34.6 Å². The van der Waals surface area contributed by atoms with Gasteiger partial charge in [0.1, 0.15) is 6.10 Å². The molecule has 0 radical (unpaired) electrons. The maximum Gasteiger partial charge on any atom is 0.341 e. The van der Waals surface area contributed by atoms with E-state index in [1.54, 1.807) is 6.07 Å². The fraction of sp³-hybridized carbons (Fsp3) is 0.667. The van der Waals surface area contributed by atoms with Gasteiger partial charge in [0.2, 0.25) is 0 Å². The topological polar surface area (TPSA) is 26.3 Å². The van der Waals surface area contributed by atoms with Crippen LogP contribution in [0.3, 0.4) is 0 Å². The van der Waals surface area contributed by atoms with Gasteiger partial charge in [0.05, 0.1) is 10.6 Å². The summed E-state index contributed by atoms with van der Waals surface area (Å²) in [5, 5.41) is -0.0542. The second-order valence-electron chi connectivity index (χ2n) is 6.65. The molecule has 0 aliphatic rings. The highest BCUT2D eigenvalue weighted by molar-refractivity contribution is 6.31.